The molecule has 2 heterocycles. The molecule has 0 saturated heterocycles. The number of hydrogen-bond donors (Lipinski definition) is 1. The summed E-state index contributed by atoms with van der Waals surface area (Å²) in [4.78, 5) is 14.3. The minimum absolute atomic E-state index is 0.0201. The Bertz CT molecular complexity index is 986. The van der Waals surface area contributed by atoms with Crippen molar-refractivity contribution in [1.82, 2.24) is 4.98 Å². The van der Waals surface area contributed by atoms with E-state index in [1.54, 1.807) is 18.2 Å². The zero-order valence-corrected chi connectivity index (χ0v) is 13.5. The molecule has 1 unspecified atom stereocenters. The van der Waals surface area contributed by atoms with Crippen molar-refractivity contribution >= 4 is 16.9 Å². The number of aromatic nitrogens is 1. The highest BCUT2D eigenvalue weighted by atomic mass is 19.4. The van der Waals surface area contributed by atoms with Crippen LogP contribution in [-0.2, 0) is 32.7 Å². The van der Waals surface area contributed by atoms with Gasteiger partial charge in [0, 0.05) is 17.9 Å². The SMILES string of the molecule is CC(=O)OC1(C2=CC=C2)OCCc2c1[nH]c1c(F)ccc(C(F)(F)F)c21. The van der Waals surface area contributed by atoms with Crippen LogP contribution in [0.3, 0.4) is 0 Å². The number of halogens is 4. The molecule has 26 heavy (non-hydrogen) atoms. The second-order valence-electron chi connectivity index (χ2n) is 6.11. The maximum absolute atomic E-state index is 14.3. The summed E-state index contributed by atoms with van der Waals surface area (Å²) in [6, 6.07) is 1.49. The van der Waals surface area contributed by atoms with Gasteiger partial charge in [-0.2, -0.15) is 13.2 Å². The lowest BCUT2D eigenvalue weighted by Crippen LogP contribution is -2.42. The fraction of sp³-hybridized carbons (Fsp3) is 0.278. The number of hydrogen-bond acceptors (Lipinski definition) is 3. The molecule has 1 atom stereocenters. The molecule has 1 aliphatic heterocycles. The van der Waals surface area contributed by atoms with Gasteiger partial charge in [-0.15, -0.1) is 0 Å². The summed E-state index contributed by atoms with van der Waals surface area (Å²) in [6.45, 7) is 1.19. The van der Waals surface area contributed by atoms with E-state index in [0.717, 1.165) is 12.1 Å². The van der Waals surface area contributed by atoms with Crippen LogP contribution in [-0.4, -0.2) is 17.6 Å². The molecule has 2 aliphatic rings. The molecule has 0 fully saturated rings. The van der Waals surface area contributed by atoms with Gasteiger partial charge in [0.25, 0.3) is 5.79 Å². The first-order valence-corrected chi connectivity index (χ1v) is 7.87. The molecule has 0 saturated carbocycles. The number of allylic oxidation sites excluding steroid dienone is 2. The normalized spacial score (nSPS) is 22.0. The molecule has 0 radical (unpaired) electrons. The first kappa shape index (κ1) is 16.8. The Hall–Kier alpha value is -2.61. The minimum atomic E-state index is -4.65. The number of esters is 1. The number of carbonyl (C=O) groups excluding carboxylic acids is 1. The quantitative estimate of drug-likeness (QED) is 0.642. The largest absolute Gasteiger partial charge is 0.422 e. The van der Waals surface area contributed by atoms with E-state index in [1.165, 1.54) is 6.92 Å². The Balaban J connectivity index is 2.04. The Labute approximate surface area is 145 Å². The predicted molar refractivity (Wildman–Crippen MR) is 83.6 cm³/mol. The Kier molecular flexibility index (Phi) is 3.52. The Morgan fingerprint density at radius 3 is 2.65 bits per heavy atom. The molecule has 1 aromatic heterocycles. The van der Waals surface area contributed by atoms with E-state index in [2.05, 4.69) is 4.98 Å². The monoisotopic (exact) mass is 367 g/mol. The molecule has 0 spiro atoms. The minimum Gasteiger partial charge on any atom is -0.422 e. The van der Waals surface area contributed by atoms with Gasteiger partial charge in [0.05, 0.1) is 23.4 Å². The number of fused-ring (bicyclic) bond motifs is 3. The van der Waals surface area contributed by atoms with Gasteiger partial charge in [0.1, 0.15) is 5.82 Å². The topological polar surface area (TPSA) is 51.3 Å². The molecule has 0 amide bonds. The van der Waals surface area contributed by atoms with E-state index >= 15 is 0 Å². The van der Waals surface area contributed by atoms with Gasteiger partial charge >= 0.3 is 12.1 Å². The third-order valence-electron chi connectivity index (χ3n) is 4.52. The van der Waals surface area contributed by atoms with Crippen LogP contribution in [0.2, 0.25) is 0 Å². The third kappa shape index (κ3) is 2.28. The van der Waals surface area contributed by atoms with Gasteiger partial charge < -0.3 is 14.5 Å². The van der Waals surface area contributed by atoms with Crippen LogP contribution in [0.4, 0.5) is 17.6 Å². The van der Waals surface area contributed by atoms with Crippen molar-refractivity contribution in [2.24, 2.45) is 0 Å². The van der Waals surface area contributed by atoms with E-state index in [-0.39, 0.29) is 35.2 Å². The number of nitrogens with one attached hydrogen (secondary N) is 1. The van der Waals surface area contributed by atoms with Gasteiger partial charge in [-0.25, -0.2) is 4.39 Å². The first-order chi connectivity index (χ1) is 12.2. The molecule has 1 aliphatic carbocycles. The van der Waals surface area contributed by atoms with E-state index < -0.39 is 29.3 Å². The second-order valence-corrected chi connectivity index (χ2v) is 6.11. The Morgan fingerprint density at radius 1 is 1.35 bits per heavy atom. The summed E-state index contributed by atoms with van der Waals surface area (Å²) in [6.07, 6.45) is 0.416. The fourth-order valence-corrected chi connectivity index (χ4v) is 3.46. The maximum atomic E-state index is 14.3. The van der Waals surface area contributed by atoms with E-state index in [1.807, 2.05) is 0 Å². The number of aromatic amines is 1. The molecular formula is C18H13F4NO3. The van der Waals surface area contributed by atoms with Crippen molar-refractivity contribution in [1.29, 1.82) is 0 Å². The van der Waals surface area contributed by atoms with Gasteiger partial charge in [0.2, 0.25) is 0 Å². The van der Waals surface area contributed by atoms with Gasteiger partial charge in [-0.05, 0) is 24.1 Å². The van der Waals surface area contributed by atoms with Crippen LogP contribution in [0.15, 0.2) is 35.9 Å². The molecule has 2 aromatic rings. The van der Waals surface area contributed by atoms with Crippen molar-refractivity contribution in [3.63, 3.8) is 0 Å². The van der Waals surface area contributed by atoms with Crippen LogP contribution < -0.4 is 0 Å². The molecular weight excluding hydrogens is 354 g/mol. The number of H-pyrrole nitrogens is 1. The van der Waals surface area contributed by atoms with Crippen molar-refractivity contribution in [2.45, 2.75) is 25.3 Å². The molecule has 4 rings (SSSR count). The van der Waals surface area contributed by atoms with Crippen LogP contribution in [0.1, 0.15) is 23.7 Å². The van der Waals surface area contributed by atoms with E-state index in [9.17, 15) is 22.4 Å². The van der Waals surface area contributed by atoms with Crippen molar-refractivity contribution < 1.29 is 31.8 Å². The lowest BCUT2D eigenvalue weighted by atomic mass is 9.89. The van der Waals surface area contributed by atoms with Crippen molar-refractivity contribution in [3.05, 3.63) is 58.6 Å². The number of rotatable bonds is 2. The van der Waals surface area contributed by atoms with E-state index in [4.69, 9.17) is 9.47 Å². The van der Waals surface area contributed by atoms with Gasteiger partial charge in [0.15, 0.2) is 0 Å². The maximum Gasteiger partial charge on any atom is 0.417 e. The summed E-state index contributed by atoms with van der Waals surface area (Å²) in [5.74, 6) is -3.20. The smallest absolute Gasteiger partial charge is 0.417 e. The van der Waals surface area contributed by atoms with Gasteiger partial charge in [-0.3, -0.25) is 4.79 Å². The molecule has 8 heteroatoms. The average Bonchev–Trinajstić information content (AvgIpc) is 2.86. The summed E-state index contributed by atoms with van der Waals surface area (Å²) in [7, 11) is 0. The third-order valence-corrected chi connectivity index (χ3v) is 4.52. The average molecular weight is 367 g/mol. The van der Waals surface area contributed by atoms with E-state index in [0.29, 0.717) is 5.57 Å². The molecule has 1 N–H and O–H groups in total. The van der Waals surface area contributed by atoms with Crippen molar-refractivity contribution in [3.8, 4) is 0 Å². The van der Waals surface area contributed by atoms with Crippen LogP contribution >= 0.6 is 0 Å². The summed E-state index contributed by atoms with van der Waals surface area (Å²) in [5.41, 5.74) is -0.409. The highest BCUT2D eigenvalue weighted by Gasteiger charge is 2.48. The lowest BCUT2D eigenvalue weighted by Gasteiger charge is -2.38. The highest BCUT2D eigenvalue weighted by Crippen LogP contribution is 2.47. The van der Waals surface area contributed by atoms with Gasteiger partial charge in [-0.1, -0.05) is 18.2 Å². The predicted octanol–water partition coefficient (Wildman–Crippen LogP) is 4.11. The molecule has 0 bridgehead atoms. The zero-order valence-electron chi connectivity index (χ0n) is 13.5. The van der Waals surface area contributed by atoms with Crippen LogP contribution in [0, 0.1) is 5.82 Å². The zero-order chi connectivity index (χ0) is 18.7. The Morgan fingerprint density at radius 2 is 2.08 bits per heavy atom. The highest BCUT2D eigenvalue weighted by molar-refractivity contribution is 5.90. The number of benzene rings is 1. The number of alkyl halides is 3. The summed E-state index contributed by atoms with van der Waals surface area (Å²) < 4.78 is 65.7. The van der Waals surface area contributed by atoms with Crippen LogP contribution in [0.25, 0.3) is 10.9 Å². The fourth-order valence-electron chi connectivity index (χ4n) is 3.46. The second kappa shape index (κ2) is 5.44. The standard InChI is InChI=1S/C18H13F4NO3/c1-9(24)26-17(10-3-2-4-10)16-11(7-8-25-17)14-12(18(20,21)22)5-6-13(19)15(14)23-16/h2-6,23H,7-8H2,1H3. The molecule has 1 aromatic carbocycles. The van der Waals surface area contributed by atoms with Crippen LogP contribution in [0.5, 0.6) is 0 Å². The van der Waals surface area contributed by atoms with Crippen molar-refractivity contribution in [2.75, 3.05) is 6.61 Å². The number of carbonyl (C=O) groups is 1. The lowest BCUT2D eigenvalue weighted by molar-refractivity contribution is -0.223. The molecule has 136 valence electrons. The molecule has 4 nitrogen and oxygen atoms in total. The first-order valence-electron chi connectivity index (χ1n) is 7.87. The summed E-state index contributed by atoms with van der Waals surface area (Å²) in [5, 5.41) is -0.253. The number of ether oxygens (including phenoxy) is 2. The summed E-state index contributed by atoms with van der Waals surface area (Å²) >= 11 is 0.